The molecule has 0 saturated heterocycles. The van der Waals surface area contributed by atoms with Crippen LogP contribution in [0.1, 0.15) is 168 Å². The quantitative estimate of drug-likeness (QED) is 0.0283. The maximum atomic E-state index is 12.6. The standard InChI is InChI=1S/C41H75NO7/c1-6-8-10-12-14-16-18-19-20-21-22-24-26-28-30-32-40(44)49-37(35-47-34-33-38(41(45)46)42(3,4)5)36-48-39(43)31-29-27-25-23-17-15-13-11-9-7-2/h14,16,18-19,37-38H,6-13,15,17,20-36H2,1-5H3/b16-14+,19-18+. The number of likely N-dealkylation sites (N-methyl/N-ethyl adjacent to an activating group) is 1. The van der Waals surface area contributed by atoms with Crippen LogP contribution in [0.3, 0.4) is 0 Å². The van der Waals surface area contributed by atoms with Crippen molar-refractivity contribution in [1.29, 1.82) is 0 Å². The third-order valence-electron chi connectivity index (χ3n) is 8.87. The van der Waals surface area contributed by atoms with Crippen LogP contribution in [0.4, 0.5) is 0 Å². The summed E-state index contributed by atoms with van der Waals surface area (Å²) in [5.41, 5.74) is 0. The van der Waals surface area contributed by atoms with Gasteiger partial charge in [0.25, 0.3) is 0 Å². The molecule has 0 rings (SSSR count). The second-order valence-corrected chi connectivity index (χ2v) is 14.6. The minimum absolute atomic E-state index is 0.0390. The average molecular weight is 694 g/mol. The Hall–Kier alpha value is -2.19. The molecular formula is C41H75NO7. The van der Waals surface area contributed by atoms with Gasteiger partial charge in [-0.1, -0.05) is 134 Å². The lowest BCUT2D eigenvalue weighted by Crippen LogP contribution is -2.55. The molecule has 0 radical (unpaired) electrons. The molecule has 8 nitrogen and oxygen atoms in total. The number of hydrogen-bond donors (Lipinski definition) is 0. The zero-order valence-corrected chi connectivity index (χ0v) is 32.4. The number of hydrogen-bond acceptors (Lipinski definition) is 7. The predicted octanol–water partition coefficient (Wildman–Crippen LogP) is 8.80. The summed E-state index contributed by atoms with van der Waals surface area (Å²) >= 11 is 0. The first-order valence-corrected chi connectivity index (χ1v) is 19.9. The summed E-state index contributed by atoms with van der Waals surface area (Å²) in [6.45, 7) is 4.60. The number of rotatable bonds is 35. The molecule has 286 valence electrons. The lowest BCUT2D eigenvalue weighted by atomic mass is 10.1. The zero-order chi connectivity index (χ0) is 36.4. The van der Waals surface area contributed by atoms with E-state index in [2.05, 4.69) is 38.2 Å². The molecular weight excluding hydrogens is 618 g/mol. The average Bonchev–Trinajstić information content (AvgIpc) is 3.05. The Labute approximate surface area is 301 Å². The smallest absolute Gasteiger partial charge is 0.306 e. The Morgan fingerprint density at radius 3 is 1.57 bits per heavy atom. The Balaban J connectivity index is 4.41. The fraction of sp³-hybridized carbons (Fsp3) is 0.829. The van der Waals surface area contributed by atoms with E-state index in [0.29, 0.717) is 12.8 Å². The number of quaternary nitrogens is 1. The Morgan fingerprint density at radius 1 is 0.612 bits per heavy atom. The fourth-order valence-corrected chi connectivity index (χ4v) is 5.71. The Bertz CT molecular complexity index is 864. The van der Waals surface area contributed by atoms with Crippen molar-refractivity contribution in [1.82, 2.24) is 0 Å². The van der Waals surface area contributed by atoms with Gasteiger partial charge in [-0.25, -0.2) is 0 Å². The van der Waals surface area contributed by atoms with E-state index in [1.54, 1.807) is 21.1 Å². The summed E-state index contributed by atoms with van der Waals surface area (Å²) in [5.74, 6) is -1.75. The molecule has 0 aliphatic heterocycles. The highest BCUT2D eigenvalue weighted by Gasteiger charge is 2.25. The topological polar surface area (TPSA) is 102 Å². The highest BCUT2D eigenvalue weighted by atomic mass is 16.6. The van der Waals surface area contributed by atoms with Crippen LogP contribution in [0.15, 0.2) is 24.3 Å². The van der Waals surface area contributed by atoms with Crippen LogP contribution in [0, 0.1) is 0 Å². The molecule has 0 fully saturated rings. The van der Waals surface area contributed by atoms with Crippen LogP contribution in [0.25, 0.3) is 0 Å². The van der Waals surface area contributed by atoms with Crippen molar-refractivity contribution in [2.24, 2.45) is 0 Å². The number of carboxylic acid groups (broad SMARTS) is 1. The number of allylic oxidation sites excluding steroid dienone is 4. The molecule has 0 spiro atoms. The molecule has 0 aromatic carbocycles. The third kappa shape index (κ3) is 31.5. The van der Waals surface area contributed by atoms with Gasteiger partial charge in [0.1, 0.15) is 12.6 Å². The van der Waals surface area contributed by atoms with E-state index in [4.69, 9.17) is 14.2 Å². The maximum Gasteiger partial charge on any atom is 0.306 e. The first-order chi connectivity index (χ1) is 23.6. The first-order valence-electron chi connectivity index (χ1n) is 19.9. The number of esters is 2. The van der Waals surface area contributed by atoms with E-state index < -0.39 is 18.1 Å². The zero-order valence-electron chi connectivity index (χ0n) is 32.4. The maximum absolute atomic E-state index is 12.6. The molecule has 0 saturated carbocycles. The highest BCUT2D eigenvalue weighted by Crippen LogP contribution is 2.14. The number of nitrogens with zero attached hydrogens (tertiary/aromatic N) is 1. The second kappa shape index (κ2) is 33.0. The van der Waals surface area contributed by atoms with Crippen LogP contribution in [-0.4, -0.2) is 75.5 Å². The summed E-state index contributed by atoms with van der Waals surface area (Å²) in [6, 6.07) is -0.724. The van der Waals surface area contributed by atoms with Gasteiger partial charge in [-0.15, -0.1) is 0 Å². The van der Waals surface area contributed by atoms with Crippen LogP contribution in [0.5, 0.6) is 0 Å². The molecule has 0 amide bonds. The van der Waals surface area contributed by atoms with E-state index in [9.17, 15) is 19.5 Å². The van der Waals surface area contributed by atoms with Crippen molar-refractivity contribution in [3.63, 3.8) is 0 Å². The van der Waals surface area contributed by atoms with Gasteiger partial charge >= 0.3 is 11.9 Å². The Kier molecular flexibility index (Phi) is 31.5. The molecule has 0 aromatic heterocycles. The fourth-order valence-electron chi connectivity index (χ4n) is 5.71. The third-order valence-corrected chi connectivity index (χ3v) is 8.87. The van der Waals surface area contributed by atoms with Gasteiger partial charge in [-0.05, 0) is 38.5 Å². The molecule has 0 heterocycles. The highest BCUT2D eigenvalue weighted by molar-refractivity contribution is 5.70. The molecule has 2 atom stereocenters. The van der Waals surface area contributed by atoms with Gasteiger partial charge in [0.2, 0.25) is 0 Å². The number of carbonyl (C=O) groups is 3. The van der Waals surface area contributed by atoms with Gasteiger partial charge in [0, 0.05) is 19.3 Å². The molecule has 0 aromatic rings. The lowest BCUT2D eigenvalue weighted by Gasteiger charge is -2.34. The van der Waals surface area contributed by atoms with E-state index in [1.807, 2.05) is 0 Å². The molecule has 49 heavy (non-hydrogen) atoms. The van der Waals surface area contributed by atoms with E-state index in [-0.39, 0.29) is 42.7 Å². The summed E-state index contributed by atoms with van der Waals surface area (Å²) in [6.07, 6.45) is 33.4. The summed E-state index contributed by atoms with van der Waals surface area (Å²) in [4.78, 5) is 36.6. The summed E-state index contributed by atoms with van der Waals surface area (Å²) < 4.78 is 17.1. The van der Waals surface area contributed by atoms with Crippen molar-refractivity contribution in [3.8, 4) is 0 Å². The van der Waals surface area contributed by atoms with Gasteiger partial charge < -0.3 is 28.6 Å². The number of unbranched alkanes of at least 4 members (excludes halogenated alkanes) is 18. The van der Waals surface area contributed by atoms with Crippen molar-refractivity contribution in [2.75, 3.05) is 41.0 Å². The normalized spacial score (nSPS) is 13.2. The monoisotopic (exact) mass is 694 g/mol. The first kappa shape index (κ1) is 46.8. The van der Waals surface area contributed by atoms with E-state index in [0.717, 1.165) is 57.8 Å². The van der Waals surface area contributed by atoms with Crippen molar-refractivity contribution in [2.45, 2.75) is 180 Å². The van der Waals surface area contributed by atoms with E-state index in [1.165, 1.54) is 77.0 Å². The Morgan fingerprint density at radius 2 is 1.06 bits per heavy atom. The number of carboxylic acids is 1. The lowest BCUT2D eigenvalue weighted by molar-refractivity contribution is -0.889. The largest absolute Gasteiger partial charge is 0.544 e. The number of carbonyl (C=O) groups excluding carboxylic acids is 3. The molecule has 0 bridgehead atoms. The molecule has 8 heteroatoms. The van der Waals surface area contributed by atoms with Crippen LogP contribution < -0.4 is 5.11 Å². The number of ether oxygens (including phenoxy) is 3. The van der Waals surface area contributed by atoms with Gasteiger partial charge in [-0.2, -0.15) is 0 Å². The van der Waals surface area contributed by atoms with E-state index >= 15 is 0 Å². The van der Waals surface area contributed by atoms with Crippen LogP contribution in [-0.2, 0) is 28.6 Å². The van der Waals surface area contributed by atoms with Gasteiger partial charge in [0.05, 0.1) is 40.3 Å². The van der Waals surface area contributed by atoms with Crippen molar-refractivity contribution >= 4 is 17.9 Å². The van der Waals surface area contributed by atoms with Crippen LogP contribution in [0.2, 0.25) is 0 Å². The SMILES string of the molecule is CCCCC/C=C/C=C/CCCCCCCCC(=O)OC(COCCC(C(=O)[O-])[N+](C)(C)C)COC(=O)CCCCCCCCCCCC. The molecule has 0 aliphatic carbocycles. The summed E-state index contributed by atoms with van der Waals surface area (Å²) in [5, 5.41) is 11.6. The number of aliphatic carboxylic acids is 1. The predicted molar refractivity (Wildman–Crippen MR) is 199 cm³/mol. The van der Waals surface area contributed by atoms with Crippen LogP contribution >= 0.6 is 0 Å². The summed E-state index contributed by atoms with van der Waals surface area (Å²) in [7, 11) is 5.39. The van der Waals surface area contributed by atoms with Crippen molar-refractivity contribution < 1.29 is 38.2 Å². The van der Waals surface area contributed by atoms with Crippen molar-refractivity contribution in [3.05, 3.63) is 24.3 Å². The minimum atomic E-state index is -1.13. The molecule has 0 aliphatic rings. The molecule has 2 unspecified atom stereocenters. The molecule has 0 N–H and O–H groups in total. The van der Waals surface area contributed by atoms with Gasteiger partial charge in [0.15, 0.2) is 6.10 Å². The second-order valence-electron chi connectivity index (χ2n) is 14.6. The minimum Gasteiger partial charge on any atom is -0.544 e. The van der Waals surface area contributed by atoms with Gasteiger partial charge in [-0.3, -0.25) is 9.59 Å².